The molecule has 2 aliphatic rings. The van der Waals surface area contributed by atoms with E-state index < -0.39 is 30.4 Å². The van der Waals surface area contributed by atoms with Crippen molar-refractivity contribution < 1.29 is 23.7 Å². The summed E-state index contributed by atoms with van der Waals surface area (Å²) in [5.74, 6) is -0.732. The molecule has 2 saturated heterocycles. The molecular formula is C10H13NO5S. The van der Waals surface area contributed by atoms with Crippen LogP contribution in [0.5, 0.6) is 0 Å². The number of hydrogen-bond donors (Lipinski definition) is 2. The summed E-state index contributed by atoms with van der Waals surface area (Å²) in [6, 6.07) is 0. The quantitative estimate of drug-likeness (QED) is 0.739. The van der Waals surface area contributed by atoms with E-state index in [1.165, 1.54) is 6.26 Å². The minimum Gasteiger partial charge on any atom is -0.438 e. The number of H-pyrrole nitrogens is 1. The molecular weight excluding hydrogens is 246 g/mol. The summed E-state index contributed by atoms with van der Waals surface area (Å²) in [6.45, 7) is 3.56. The lowest BCUT2D eigenvalue weighted by Crippen LogP contribution is -2.31. The summed E-state index contributed by atoms with van der Waals surface area (Å²) >= 11 is 4.82. The second-order valence-electron chi connectivity index (χ2n) is 4.62. The van der Waals surface area contributed by atoms with E-state index in [1.807, 2.05) is 0 Å². The summed E-state index contributed by atoms with van der Waals surface area (Å²) in [5.41, 5.74) is 0.585. The highest BCUT2D eigenvalue weighted by atomic mass is 32.1. The zero-order chi connectivity index (χ0) is 12.2. The molecule has 0 unspecified atom stereocenters. The molecule has 2 aliphatic heterocycles. The minimum atomic E-state index is -0.815. The van der Waals surface area contributed by atoms with Crippen molar-refractivity contribution in [2.24, 2.45) is 0 Å². The molecule has 4 atom stereocenters. The van der Waals surface area contributed by atoms with Crippen molar-refractivity contribution >= 4 is 12.2 Å². The van der Waals surface area contributed by atoms with Gasteiger partial charge in [0.2, 0.25) is 0 Å². The van der Waals surface area contributed by atoms with E-state index in [2.05, 4.69) is 4.98 Å². The summed E-state index contributed by atoms with van der Waals surface area (Å²) in [7, 11) is 0. The average molecular weight is 259 g/mol. The molecule has 17 heavy (non-hydrogen) atoms. The fraction of sp³-hybridized carbons (Fsp3) is 0.700. The van der Waals surface area contributed by atoms with Crippen LogP contribution in [0.25, 0.3) is 0 Å². The molecule has 0 bridgehead atoms. The van der Waals surface area contributed by atoms with Crippen molar-refractivity contribution in [3.63, 3.8) is 0 Å². The fourth-order valence-electron chi connectivity index (χ4n) is 2.18. The third kappa shape index (κ3) is 1.84. The lowest BCUT2D eigenvalue weighted by molar-refractivity contribution is -0.216. The van der Waals surface area contributed by atoms with E-state index in [-0.39, 0.29) is 4.84 Å². The van der Waals surface area contributed by atoms with Crippen molar-refractivity contribution in [1.82, 2.24) is 4.98 Å². The van der Waals surface area contributed by atoms with Gasteiger partial charge in [-0.25, -0.2) is 0 Å². The Hall–Kier alpha value is -0.730. The maximum atomic E-state index is 10.1. The molecule has 1 aromatic rings. The topological polar surface area (TPSA) is 76.9 Å². The minimum absolute atomic E-state index is 0.245. The molecule has 7 heteroatoms. The Morgan fingerprint density at radius 2 is 2.18 bits per heavy atom. The van der Waals surface area contributed by atoms with E-state index in [0.717, 1.165) is 0 Å². The van der Waals surface area contributed by atoms with E-state index in [4.69, 9.17) is 30.8 Å². The van der Waals surface area contributed by atoms with Crippen molar-refractivity contribution in [2.75, 3.05) is 0 Å². The molecule has 94 valence electrons. The smallest absolute Gasteiger partial charge is 0.266 e. The molecule has 0 aliphatic carbocycles. The van der Waals surface area contributed by atoms with E-state index in [1.54, 1.807) is 13.8 Å². The van der Waals surface area contributed by atoms with E-state index in [0.29, 0.717) is 5.69 Å². The van der Waals surface area contributed by atoms with Gasteiger partial charge in [0.05, 0.1) is 5.69 Å². The number of aliphatic hydroxyl groups is 1. The van der Waals surface area contributed by atoms with Gasteiger partial charge in [0, 0.05) is 0 Å². The molecule has 1 aromatic heterocycles. The Labute approximate surface area is 102 Å². The van der Waals surface area contributed by atoms with E-state index in [9.17, 15) is 5.11 Å². The molecule has 3 rings (SSSR count). The first kappa shape index (κ1) is 11.4. The van der Waals surface area contributed by atoms with Crippen LogP contribution >= 0.6 is 12.2 Å². The number of ether oxygens (including phenoxy) is 3. The number of aromatic nitrogens is 1. The molecule has 0 aromatic carbocycles. The monoisotopic (exact) mass is 259 g/mol. The predicted molar refractivity (Wildman–Crippen MR) is 57.6 cm³/mol. The zero-order valence-electron chi connectivity index (χ0n) is 9.38. The van der Waals surface area contributed by atoms with Gasteiger partial charge in [-0.15, -0.1) is 0 Å². The summed E-state index contributed by atoms with van der Waals surface area (Å²) in [6.07, 6.45) is -1.01. The van der Waals surface area contributed by atoms with Crippen LogP contribution in [0.2, 0.25) is 0 Å². The first-order valence-electron chi connectivity index (χ1n) is 5.33. The highest BCUT2D eigenvalue weighted by Crippen LogP contribution is 2.42. The van der Waals surface area contributed by atoms with Gasteiger partial charge in [-0.3, -0.25) is 0 Å². The van der Waals surface area contributed by atoms with Gasteiger partial charge < -0.3 is 28.7 Å². The van der Waals surface area contributed by atoms with Crippen LogP contribution in [0.1, 0.15) is 25.6 Å². The number of fused-ring (bicyclic) bond motifs is 1. The Kier molecular flexibility index (Phi) is 2.43. The van der Waals surface area contributed by atoms with Crippen molar-refractivity contribution in [1.29, 1.82) is 0 Å². The van der Waals surface area contributed by atoms with Crippen LogP contribution in [0.3, 0.4) is 0 Å². The number of oxazole rings is 1. The van der Waals surface area contributed by atoms with Gasteiger partial charge in [0.1, 0.15) is 24.6 Å². The number of rotatable bonds is 1. The normalized spacial score (nSPS) is 39.5. The molecule has 2 fully saturated rings. The van der Waals surface area contributed by atoms with Crippen LogP contribution in [-0.4, -0.2) is 34.4 Å². The molecule has 0 spiro atoms. The summed E-state index contributed by atoms with van der Waals surface area (Å²) < 4.78 is 21.7. The second kappa shape index (κ2) is 3.63. The first-order valence-corrected chi connectivity index (χ1v) is 5.74. The number of nitrogens with one attached hydrogen (secondary N) is 1. The molecule has 0 radical (unpaired) electrons. The molecule has 0 saturated carbocycles. The SMILES string of the molecule is CC1(C)O[C@H]2O[C@H](c3coc(=S)[nH]3)[C@H](O)[C@H]2O1. The number of hydrogen-bond acceptors (Lipinski definition) is 6. The highest BCUT2D eigenvalue weighted by molar-refractivity contribution is 7.71. The Balaban J connectivity index is 1.83. The van der Waals surface area contributed by atoms with Gasteiger partial charge in [-0.2, -0.15) is 0 Å². The van der Waals surface area contributed by atoms with Crippen LogP contribution in [-0.2, 0) is 14.2 Å². The zero-order valence-corrected chi connectivity index (χ0v) is 10.2. The Bertz CT molecular complexity index is 481. The molecule has 3 heterocycles. The highest BCUT2D eigenvalue weighted by Gasteiger charge is 2.55. The Morgan fingerprint density at radius 3 is 2.76 bits per heavy atom. The standard InChI is InChI=1S/C10H13NO5S/c1-10(2)15-7-5(12)6(14-8(7)16-10)4-3-13-9(17)11-4/h3,5-8,12H,1-2H3,(H,11,17)/t5-,6+,7+,8+/m0/s1. The van der Waals surface area contributed by atoms with Gasteiger partial charge in [-0.05, 0) is 26.1 Å². The molecule has 6 nitrogen and oxygen atoms in total. The van der Waals surface area contributed by atoms with Crippen molar-refractivity contribution in [3.05, 3.63) is 16.8 Å². The van der Waals surface area contributed by atoms with Crippen molar-refractivity contribution in [2.45, 2.75) is 44.2 Å². The third-order valence-electron chi connectivity index (χ3n) is 2.86. The fourth-order valence-corrected chi connectivity index (χ4v) is 2.35. The van der Waals surface area contributed by atoms with Gasteiger partial charge in [-0.1, -0.05) is 0 Å². The van der Waals surface area contributed by atoms with Crippen LogP contribution in [0.4, 0.5) is 0 Å². The number of aliphatic hydroxyl groups excluding tert-OH is 1. The van der Waals surface area contributed by atoms with Crippen molar-refractivity contribution in [3.8, 4) is 0 Å². The van der Waals surface area contributed by atoms with Gasteiger partial charge >= 0.3 is 0 Å². The summed E-state index contributed by atoms with van der Waals surface area (Å²) in [5, 5.41) is 10.1. The summed E-state index contributed by atoms with van der Waals surface area (Å²) in [4.78, 5) is 3.06. The van der Waals surface area contributed by atoms with Gasteiger partial charge in [0.25, 0.3) is 4.84 Å². The predicted octanol–water partition coefficient (Wildman–Crippen LogP) is 1.25. The van der Waals surface area contributed by atoms with Crippen LogP contribution < -0.4 is 0 Å². The molecule has 0 amide bonds. The molecule has 2 N–H and O–H groups in total. The maximum Gasteiger partial charge on any atom is 0.266 e. The Morgan fingerprint density at radius 1 is 1.41 bits per heavy atom. The maximum absolute atomic E-state index is 10.1. The van der Waals surface area contributed by atoms with E-state index >= 15 is 0 Å². The average Bonchev–Trinajstić information content (AvgIpc) is 2.83. The third-order valence-corrected chi connectivity index (χ3v) is 3.06. The lowest BCUT2D eigenvalue weighted by atomic mass is 10.1. The first-order chi connectivity index (χ1) is 7.96. The number of aromatic amines is 1. The second-order valence-corrected chi connectivity index (χ2v) is 4.99. The lowest BCUT2D eigenvalue weighted by Gasteiger charge is -2.22. The van der Waals surface area contributed by atoms with Gasteiger partial charge in [0.15, 0.2) is 12.1 Å². The largest absolute Gasteiger partial charge is 0.438 e. The van der Waals surface area contributed by atoms with Crippen LogP contribution in [0.15, 0.2) is 10.7 Å². The van der Waals surface area contributed by atoms with Crippen LogP contribution in [0, 0.1) is 4.84 Å².